The molecule has 3 heteroatoms. The second-order valence-corrected chi connectivity index (χ2v) is 6.01. The fourth-order valence-electron chi connectivity index (χ4n) is 2.87. The Hall–Kier alpha value is -2.03. The summed E-state index contributed by atoms with van der Waals surface area (Å²) in [6.45, 7) is 4.01. The molecule has 0 unspecified atom stereocenters. The van der Waals surface area contributed by atoms with E-state index < -0.39 is 0 Å². The van der Waals surface area contributed by atoms with Gasteiger partial charge < -0.3 is 10.1 Å². The lowest BCUT2D eigenvalue weighted by Gasteiger charge is -2.29. The molecule has 0 saturated carbocycles. The number of aromatic amines is 1. The fraction of sp³-hybridized carbons (Fsp3) is 0.312. The number of nitrogens with one attached hydrogen (secondary N) is 1. The van der Waals surface area contributed by atoms with Crippen LogP contribution in [0, 0.1) is 5.41 Å². The summed E-state index contributed by atoms with van der Waals surface area (Å²) in [6.07, 6.45) is 2.84. The number of fused-ring (bicyclic) bond motifs is 1. The number of ketones is 1. The number of rotatable bonds is 1. The molecule has 0 amide bonds. The van der Waals surface area contributed by atoms with Gasteiger partial charge in [-0.05, 0) is 11.5 Å². The van der Waals surface area contributed by atoms with Gasteiger partial charge in [0.1, 0.15) is 5.76 Å². The number of para-hydroxylation sites is 1. The molecule has 1 aromatic heterocycles. The van der Waals surface area contributed by atoms with Crippen molar-refractivity contribution < 1.29 is 9.90 Å². The first-order valence-corrected chi connectivity index (χ1v) is 6.50. The van der Waals surface area contributed by atoms with Gasteiger partial charge in [0.25, 0.3) is 0 Å². The second kappa shape index (κ2) is 3.98. The van der Waals surface area contributed by atoms with Gasteiger partial charge in [0, 0.05) is 35.5 Å². The summed E-state index contributed by atoms with van der Waals surface area (Å²) in [7, 11) is 0. The number of aliphatic hydroxyl groups excluding tert-OH is 1. The van der Waals surface area contributed by atoms with E-state index in [1.54, 1.807) is 0 Å². The van der Waals surface area contributed by atoms with Gasteiger partial charge in [0.2, 0.25) is 0 Å². The zero-order chi connectivity index (χ0) is 13.6. The number of hydrogen-bond acceptors (Lipinski definition) is 2. The monoisotopic (exact) mass is 255 g/mol. The molecule has 0 spiro atoms. The van der Waals surface area contributed by atoms with Crippen LogP contribution in [-0.4, -0.2) is 15.9 Å². The summed E-state index contributed by atoms with van der Waals surface area (Å²) in [6, 6.07) is 7.82. The Morgan fingerprint density at radius 3 is 2.68 bits per heavy atom. The number of Topliss-reactive ketones (excluding diaryl/α,β-unsaturated/α-hetero) is 1. The van der Waals surface area contributed by atoms with Crippen molar-refractivity contribution in [3.8, 4) is 0 Å². The summed E-state index contributed by atoms with van der Waals surface area (Å²) in [5.41, 5.74) is 2.12. The largest absolute Gasteiger partial charge is 0.512 e. The van der Waals surface area contributed by atoms with Gasteiger partial charge >= 0.3 is 0 Å². The SMILES string of the molecule is CC1(C)CC(=O)C(c2c[nH]c3ccccc23)=C(O)C1. The molecule has 2 aromatic rings. The summed E-state index contributed by atoms with van der Waals surface area (Å²) in [5, 5.41) is 11.2. The van der Waals surface area contributed by atoms with Crippen molar-refractivity contribution in [1.82, 2.24) is 4.98 Å². The minimum atomic E-state index is -0.156. The van der Waals surface area contributed by atoms with Gasteiger partial charge in [0.15, 0.2) is 5.78 Å². The van der Waals surface area contributed by atoms with Gasteiger partial charge in [-0.25, -0.2) is 0 Å². The van der Waals surface area contributed by atoms with Crippen molar-refractivity contribution in [1.29, 1.82) is 0 Å². The van der Waals surface area contributed by atoms with Gasteiger partial charge in [-0.15, -0.1) is 0 Å². The van der Waals surface area contributed by atoms with Crippen molar-refractivity contribution >= 4 is 22.3 Å². The predicted octanol–water partition coefficient (Wildman–Crippen LogP) is 3.83. The first kappa shape index (κ1) is 12.0. The highest BCUT2D eigenvalue weighted by Crippen LogP contribution is 2.40. The second-order valence-electron chi connectivity index (χ2n) is 6.01. The third-order valence-electron chi connectivity index (χ3n) is 3.71. The molecule has 1 heterocycles. The standard InChI is InChI=1S/C16H17NO2/c1-16(2)7-13(18)15(14(19)8-16)11-9-17-12-6-4-3-5-10(11)12/h3-6,9,17-18H,7-8H2,1-2H3. The predicted molar refractivity (Wildman–Crippen MR) is 75.9 cm³/mol. The Kier molecular flexibility index (Phi) is 2.52. The van der Waals surface area contributed by atoms with Crippen LogP contribution in [0.3, 0.4) is 0 Å². The Labute approximate surface area is 112 Å². The number of carbonyl (C=O) groups excluding carboxylic acids is 1. The summed E-state index contributed by atoms with van der Waals surface area (Å²) in [4.78, 5) is 15.5. The topological polar surface area (TPSA) is 53.1 Å². The van der Waals surface area contributed by atoms with Crippen LogP contribution in [0.2, 0.25) is 0 Å². The molecule has 0 fully saturated rings. The van der Waals surface area contributed by atoms with Crippen LogP contribution in [0.1, 0.15) is 32.3 Å². The molecule has 0 aliphatic heterocycles. The van der Waals surface area contributed by atoms with E-state index >= 15 is 0 Å². The average Bonchev–Trinajstić information content (AvgIpc) is 2.71. The van der Waals surface area contributed by atoms with E-state index in [-0.39, 0.29) is 17.0 Å². The zero-order valence-electron chi connectivity index (χ0n) is 11.2. The quantitative estimate of drug-likeness (QED) is 0.813. The molecule has 1 aromatic carbocycles. The van der Waals surface area contributed by atoms with Crippen molar-refractivity contribution in [2.75, 3.05) is 0 Å². The fourth-order valence-corrected chi connectivity index (χ4v) is 2.87. The maximum absolute atomic E-state index is 12.3. The van der Waals surface area contributed by atoms with E-state index in [4.69, 9.17) is 0 Å². The third kappa shape index (κ3) is 1.95. The molecule has 98 valence electrons. The summed E-state index contributed by atoms with van der Waals surface area (Å²) >= 11 is 0. The molecular weight excluding hydrogens is 238 g/mol. The highest BCUT2D eigenvalue weighted by atomic mass is 16.3. The third-order valence-corrected chi connectivity index (χ3v) is 3.71. The van der Waals surface area contributed by atoms with Crippen molar-refractivity contribution in [3.05, 3.63) is 41.8 Å². The highest BCUT2D eigenvalue weighted by Gasteiger charge is 2.34. The van der Waals surface area contributed by atoms with Crippen LogP contribution in [0.15, 0.2) is 36.2 Å². The molecular formula is C16H17NO2. The Morgan fingerprint density at radius 1 is 1.21 bits per heavy atom. The van der Waals surface area contributed by atoms with Crippen LogP contribution in [0.5, 0.6) is 0 Å². The molecule has 3 nitrogen and oxygen atoms in total. The minimum Gasteiger partial charge on any atom is -0.512 e. The maximum Gasteiger partial charge on any atom is 0.167 e. The first-order chi connectivity index (χ1) is 8.98. The van der Waals surface area contributed by atoms with Gasteiger partial charge in [-0.2, -0.15) is 0 Å². The Bertz CT molecular complexity index is 692. The number of carbonyl (C=O) groups is 1. The molecule has 2 N–H and O–H groups in total. The van der Waals surface area contributed by atoms with E-state index in [1.807, 2.05) is 44.3 Å². The van der Waals surface area contributed by atoms with Crippen LogP contribution < -0.4 is 0 Å². The van der Waals surface area contributed by atoms with Crippen molar-refractivity contribution in [2.45, 2.75) is 26.7 Å². The van der Waals surface area contributed by atoms with E-state index in [1.165, 1.54) is 0 Å². The zero-order valence-corrected chi connectivity index (χ0v) is 11.2. The van der Waals surface area contributed by atoms with E-state index in [9.17, 15) is 9.90 Å². The number of allylic oxidation sites excluding steroid dienone is 2. The maximum atomic E-state index is 12.3. The Balaban J connectivity index is 2.18. The van der Waals surface area contributed by atoms with Crippen molar-refractivity contribution in [3.63, 3.8) is 0 Å². The number of benzene rings is 1. The normalized spacial score (nSPS) is 19.2. The average molecular weight is 255 g/mol. The van der Waals surface area contributed by atoms with Gasteiger partial charge in [-0.3, -0.25) is 4.79 Å². The van der Waals surface area contributed by atoms with Crippen molar-refractivity contribution in [2.24, 2.45) is 5.41 Å². The molecule has 3 rings (SSSR count). The van der Waals surface area contributed by atoms with E-state index in [2.05, 4.69) is 4.98 Å². The summed E-state index contributed by atoms with van der Waals surface area (Å²) in [5.74, 6) is 0.240. The molecule has 0 atom stereocenters. The first-order valence-electron chi connectivity index (χ1n) is 6.50. The van der Waals surface area contributed by atoms with Gasteiger partial charge in [-0.1, -0.05) is 32.0 Å². The van der Waals surface area contributed by atoms with Crippen LogP contribution in [0.25, 0.3) is 16.5 Å². The molecule has 19 heavy (non-hydrogen) atoms. The number of aliphatic hydroxyl groups is 1. The smallest absolute Gasteiger partial charge is 0.167 e. The lowest BCUT2D eigenvalue weighted by Crippen LogP contribution is -2.25. The van der Waals surface area contributed by atoms with Crippen LogP contribution in [0.4, 0.5) is 0 Å². The molecule has 0 saturated heterocycles. The molecule has 0 bridgehead atoms. The number of H-pyrrole nitrogens is 1. The van der Waals surface area contributed by atoms with Crippen LogP contribution in [-0.2, 0) is 4.79 Å². The minimum absolute atomic E-state index is 0.0264. The molecule has 1 aliphatic rings. The van der Waals surface area contributed by atoms with Crippen LogP contribution >= 0.6 is 0 Å². The highest BCUT2D eigenvalue weighted by molar-refractivity contribution is 6.25. The van der Waals surface area contributed by atoms with E-state index in [0.717, 1.165) is 16.5 Å². The lowest BCUT2D eigenvalue weighted by molar-refractivity contribution is -0.116. The Morgan fingerprint density at radius 2 is 1.95 bits per heavy atom. The number of hydrogen-bond donors (Lipinski definition) is 2. The number of aromatic nitrogens is 1. The molecule has 1 aliphatic carbocycles. The lowest BCUT2D eigenvalue weighted by atomic mass is 9.75. The molecule has 0 radical (unpaired) electrons. The summed E-state index contributed by atoms with van der Waals surface area (Å²) < 4.78 is 0. The van der Waals surface area contributed by atoms with Gasteiger partial charge in [0.05, 0.1) is 5.57 Å². The van der Waals surface area contributed by atoms with E-state index in [0.29, 0.717) is 18.4 Å².